The molecule has 1 aliphatic rings. The van der Waals surface area contributed by atoms with Crippen molar-refractivity contribution >= 4 is 11.9 Å². The van der Waals surface area contributed by atoms with Crippen molar-refractivity contribution in [1.82, 2.24) is 0 Å². The molecule has 3 aromatic carbocycles. The predicted octanol–water partition coefficient (Wildman–Crippen LogP) is 6.54. The number of nitrogens with zero attached hydrogens (tertiary/aromatic N) is 1. The second-order valence-corrected chi connectivity index (χ2v) is 5.81. The molecule has 1 heteroatoms. The van der Waals surface area contributed by atoms with Gasteiger partial charge in [0, 0.05) is 12.1 Å². The van der Waals surface area contributed by atoms with E-state index in [1.807, 2.05) is 13.8 Å². The zero-order valence-corrected chi connectivity index (χ0v) is 14.5. The molecule has 120 valence electrons. The number of hydrogen-bond acceptors (Lipinski definition) is 1. The van der Waals surface area contributed by atoms with Crippen LogP contribution in [0.1, 0.15) is 36.5 Å². The van der Waals surface area contributed by atoms with Crippen molar-refractivity contribution < 1.29 is 0 Å². The largest absolute Gasteiger partial charge is 0.260 e. The summed E-state index contributed by atoms with van der Waals surface area (Å²) in [5.41, 5.74) is 7.44. The Bertz CT molecular complexity index is 830. The van der Waals surface area contributed by atoms with Crippen LogP contribution < -0.4 is 0 Å². The Balaban J connectivity index is 0.000000815. The third kappa shape index (κ3) is 3.16. The fourth-order valence-electron chi connectivity index (χ4n) is 3.01. The van der Waals surface area contributed by atoms with Crippen LogP contribution >= 0.6 is 0 Å². The molecule has 1 heterocycles. The summed E-state index contributed by atoms with van der Waals surface area (Å²) in [6, 6.07) is 25.8. The number of aliphatic imine (C=N–C) groups is 1. The van der Waals surface area contributed by atoms with Crippen molar-refractivity contribution in [3.05, 3.63) is 89.5 Å². The molecule has 0 aromatic heterocycles. The van der Waals surface area contributed by atoms with Gasteiger partial charge in [-0.25, -0.2) is 0 Å². The highest BCUT2D eigenvalue weighted by atomic mass is 14.8. The number of rotatable bonds is 2. The van der Waals surface area contributed by atoms with Gasteiger partial charge in [0.15, 0.2) is 0 Å². The molecule has 24 heavy (non-hydrogen) atoms. The van der Waals surface area contributed by atoms with Gasteiger partial charge in [-0.2, -0.15) is 0 Å². The normalized spacial score (nSPS) is 14.7. The second-order valence-electron chi connectivity index (χ2n) is 5.81. The maximum atomic E-state index is 4.64. The molecule has 0 bridgehead atoms. The quantitative estimate of drug-likeness (QED) is 0.509. The van der Waals surface area contributed by atoms with Gasteiger partial charge in [0.05, 0.1) is 5.69 Å². The zero-order valence-electron chi connectivity index (χ0n) is 14.5. The van der Waals surface area contributed by atoms with Crippen LogP contribution in [0.3, 0.4) is 0 Å². The lowest BCUT2D eigenvalue weighted by atomic mass is 9.91. The van der Waals surface area contributed by atoms with Gasteiger partial charge < -0.3 is 0 Å². The molecule has 1 aliphatic heterocycles. The third-order valence-corrected chi connectivity index (χ3v) is 4.27. The Labute approximate surface area is 144 Å². The van der Waals surface area contributed by atoms with Crippen molar-refractivity contribution in [3.8, 4) is 11.1 Å². The standard InChI is InChI=1S/C21H17N.C2H6/c1-15-7-9-16(10-8-15)18-11-12-19-20(14-22-21(19)13-18)17-5-3-2-4-6-17;1-2/h2-14,20H,1H3;1-2H3. The third-order valence-electron chi connectivity index (χ3n) is 4.27. The molecule has 0 aliphatic carbocycles. The molecular weight excluding hydrogens is 290 g/mol. The summed E-state index contributed by atoms with van der Waals surface area (Å²) >= 11 is 0. The van der Waals surface area contributed by atoms with Gasteiger partial charge in [-0.3, -0.25) is 4.99 Å². The van der Waals surface area contributed by atoms with E-state index in [9.17, 15) is 0 Å². The monoisotopic (exact) mass is 313 g/mol. The van der Waals surface area contributed by atoms with E-state index in [2.05, 4.69) is 90.9 Å². The van der Waals surface area contributed by atoms with E-state index in [4.69, 9.17) is 0 Å². The average Bonchev–Trinajstić information content (AvgIpc) is 3.08. The van der Waals surface area contributed by atoms with Gasteiger partial charge in [0.2, 0.25) is 0 Å². The Morgan fingerprint density at radius 3 is 2.12 bits per heavy atom. The van der Waals surface area contributed by atoms with Gasteiger partial charge in [-0.15, -0.1) is 0 Å². The summed E-state index contributed by atoms with van der Waals surface area (Å²) in [5.74, 6) is 0.281. The number of aryl methyl sites for hydroxylation is 1. The molecule has 1 unspecified atom stereocenters. The Morgan fingerprint density at radius 1 is 0.750 bits per heavy atom. The molecule has 0 saturated heterocycles. The zero-order chi connectivity index (χ0) is 16.9. The van der Waals surface area contributed by atoms with E-state index in [0.717, 1.165) is 5.69 Å². The van der Waals surface area contributed by atoms with Crippen molar-refractivity contribution in [1.29, 1.82) is 0 Å². The predicted molar refractivity (Wildman–Crippen MR) is 104 cm³/mol. The highest BCUT2D eigenvalue weighted by molar-refractivity contribution is 5.86. The van der Waals surface area contributed by atoms with E-state index in [-0.39, 0.29) is 5.92 Å². The fourth-order valence-corrected chi connectivity index (χ4v) is 3.01. The molecular formula is C23H23N. The van der Waals surface area contributed by atoms with Crippen LogP contribution in [-0.4, -0.2) is 6.21 Å². The lowest BCUT2D eigenvalue weighted by molar-refractivity contribution is 1.14. The first-order valence-corrected chi connectivity index (χ1v) is 8.61. The molecule has 4 rings (SSSR count). The van der Waals surface area contributed by atoms with Crippen LogP contribution in [-0.2, 0) is 0 Å². The minimum atomic E-state index is 0.281. The first kappa shape index (κ1) is 16.2. The summed E-state index contributed by atoms with van der Waals surface area (Å²) in [6.07, 6.45) is 2.05. The van der Waals surface area contributed by atoms with E-state index in [0.29, 0.717) is 0 Å². The van der Waals surface area contributed by atoms with Crippen molar-refractivity contribution in [2.75, 3.05) is 0 Å². The maximum absolute atomic E-state index is 4.64. The van der Waals surface area contributed by atoms with Gasteiger partial charge in [0.25, 0.3) is 0 Å². The molecule has 1 nitrogen and oxygen atoms in total. The summed E-state index contributed by atoms with van der Waals surface area (Å²) in [4.78, 5) is 4.64. The van der Waals surface area contributed by atoms with Gasteiger partial charge in [-0.1, -0.05) is 86.1 Å². The van der Waals surface area contributed by atoms with E-state index in [1.165, 1.54) is 27.8 Å². The van der Waals surface area contributed by atoms with Crippen molar-refractivity contribution in [3.63, 3.8) is 0 Å². The fraction of sp³-hybridized carbons (Fsp3) is 0.174. The molecule has 1 atom stereocenters. The number of hydrogen-bond donors (Lipinski definition) is 0. The summed E-state index contributed by atoms with van der Waals surface area (Å²) in [7, 11) is 0. The van der Waals surface area contributed by atoms with Crippen molar-refractivity contribution in [2.45, 2.75) is 26.7 Å². The highest BCUT2D eigenvalue weighted by Gasteiger charge is 2.20. The smallest absolute Gasteiger partial charge is 0.0674 e. The lowest BCUT2D eigenvalue weighted by Crippen LogP contribution is -1.97. The van der Waals surface area contributed by atoms with Gasteiger partial charge in [0.1, 0.15) is 0 Å². The Morgan fingerprint density at radius 2 is 1.42 bits per heavy atom. The van der Waals surface area contributed by atoms with Crippen LogP contribution in [0.25, 0.3) is 11.1 Å². The Hall–Kier alpha value is -2.67. The molecule has 0 radical (unpaired) electrons. The van der Waals surface area contributed by atoms with Crippen LogP contribution in [0, 0.1) is 6.92 Å². The second kappa shape index (κ2) is 7.27. The molecule has 0 fully saturated rings. The number of benzene rings is 3. The number of fused-ring (bicyclic) bond motifs is 1. The first-order valence-electron chi connectivity index (χ1n) is 8.61. The highest BCUT2D eigenvalue weighted by Crippen LogP contribution is 2.38. The van der Waals surface area contributed by atoms with Gasteiger partial charge >= 0.3 is 0 Å². The lowest BCUT2D eigenvalue weighted by Gasteiger charge is -2.11. The maximum Gasteiger partial charge on any atom is 0.0674 e. The summed E-state index contributed by atoms with van der Waals surface area (Å²) < 4.78 is 0. The van der Waals surface area contributed by atoms with Gasteiger partial charge in [-0.05, 0) is 35.2 Å². The minimum Gasteiger partial charge on any atom is -0.260 e. The molecule has 0 N–H and O–H groups in total. The van der Waals surface area contributed by atoms with Crippen LogP contribution in [0.5, 0.6) is 0 Å². The van der Waals surface area contributed by atoms with Crippen LogP contribution in [0.4, 0.5) is 5.69 Å². The molecule has 0 amide bonds. The molecule has 0 spiro atoms. The van der Waals surface area contributed by atoms with E-state index >= 15 is 0 Å². The first-order chi connectivity index (χ1) is 11.8. The summed E-state index contributed by atoms with van der Waals surface area (Å²) in [6.45, 7) is 6.11. The average molecular weight is 313 g/mol. The van der Waals surface area contributed by atoms with E-state index in [1.54, 1.807) is 0 Å². The SMILES string of the molecule is CC.Cc1ccc(-c2ccc3c(c2)N=CC3c2ccccc2)cc1. The topological polar surface area (TPSA) is 12.4 Å². The van der Waals surface area contributed by atoms with Crippen LogP contribution in [0.15, 0.2) is 77.8 Å². The molecule has 3 aromatic rings. The van der Waals surface area contributed by atoms with Crippen molar-refractivity contribution in [2.24, 2.45) is 4.99 Å². The molecule has 0 saturated carbocycles. The van der Waals surface area contributed by atoms with Crippen LogP contribution in [0.2, 0.25) is 0 Å². The summed E-state index contributed by atoms with van der Waals surface area (Å²) in [5, 5.41) is 0. The van der Waals surface area contributed by atoms with E-state index < -0.39 is 0 Å². The Kier molecular flexibility index (Phi) is 4.90. The minimum absolute atomic E-state index is 0.281.